The van der Waals surface area contributed by atoms with Crippen molar-refractivity contribution in [3.8, 4) is 5.75 Å². The van der Waals surface area contributed by atoms with Gasteiger partial charge in [-0.1, -0.05) is 18.2 Å². The molecule has 6 nitrogen and oxygen atoms in total. The first-order chi connectivity index (χ1) is 11.7. The number of rotatable bonds is 4. The molecule has 3 rings (SSSR count). The minimum Gasteiger partial charge on any atom is -0.507 e. The zero-order valence-electron chi connectivity index (χ0n) is 13.1. The summed E-state index contributed by atoms with van der Waals surface area (Å²) in [6.45, 7) is 0.547. The Morgan fingerprint density at radius 1 is 1.21 bits per heavy atom. The molecule has 124 valence electrons. The van der Waals surface area contributed by atoms with Crippen molar-refractivity contribution in [3.63, 3.8) is 0 Å². The molecule has 0 aliphatic carbocycles. The largest absolute Gasteiger partial charge is 0.507 e. The summed E-state index contributed by atoms with van der Waals surface area (Å²) in [5, 5.41) is 9.85. The summed E-state index contributed by atoms with van der Waals surface area (Å²) in [5.74, 6) is -0.887. The second kappa shape index (κ2) is 7.12. The van der Waals surface area contributed by atoms with Gasteiger partial charge in [-0.2, -0.15) is 0 Å². The highest BCUT2D eigenvalue weighted by atomic mass is 16.5. The number of esters is 1. The quantitative estimate of drug-likeness (QED) is 0.871. The first-order valence-corrected chi connectivity index (χ1v) is 7.82. The molecule has 2 heterocycles. The van der Waals surface area contributed by atoms with Gasteiger partial charge in [0.05, 0.1) is 11.3 Å². The van der Waals surface area contributed by atoms with Crippen LogP contribution in [0.15, 0.2) is 48.7 Å². The molecule has 1 fully saturated rings. The first-order valence-electron chi connectivity index (χ1n) is 7.82. The number of phenols is 1. The van der Waals surface area contributed by atoms with Crippen LogP contribution >= 0.6 is 0 Å². The van der Waals surface area contributed by atoms with Gasteiger partial charge < -0.3 is 14.7 Å². The third kappa shape index (κ3) is 3.37. The minimum atomic E-state index is -0.624. The lowest BCUT2D eigenvalue weighted by molar-refractivity contribution is -0.149. The van der Waals surface area contributed by atoms with Crippen molar-refractivity contribution >= 4 is 11.9 Å². The van der Waals surface area contributed by atoms with Gasteiger partial charge in [0, 0.05) is 12.7 Å². The van der Waals surface area contributed by atoms with Crippen molar-refractivity contribution in [1.82, 2.24) is 9.88 Å². The van der Waals surface area contributed by atoms with E-state index in [9.17, 15) is 14.7 Å². The van der Waals surface area contributed by atoms with Gasteiger partial charge in [-0.05, 0) is 37.1 Å². The lowest BCUT2D eigenvalue weighted by Crippen LogP contribution is -2.41. The van der Waals surface area contributed by atoms with Crippen LogP contribution in [-0.2, 0) is 16.1 Å². The molecule has 24 heavy (non-hydrogen) atoms. The van der Waals surface area contributed by atoms with Gasteiger partial charge in [-0.25, -0.2) is 4.79 Å². The van der Waals surface area contributed by atoms with Crippen molar-refractivity contribution in [1.29, 1.82) is 0 Å². The maximum atomic E-state index is 12.6. The van der Waals surface area contributed by atoms with Gasteiger partial charge in [-0.15, -0.1) is 0 Å². The molecule has 1 atom stereocenters. The fraction of sp³-hybridized carbons (Fsp3) is 0.278. The fourth-order valence-electron chi connectivity index (χ4n) is 2.79. The van der Waals surface area contributed by atoms with E-state index in [2.05, 4.69) is 4.98 Å². The lowest BCUT2D eigenvalue weighted by Gasteiger charge is -2.23. The van der Waals surface area contributed by atoms with Crippen molar-refractivity contribution in [2.45, 2.75) is 25.5 Å². The topological polar surface area (TPSA) is 79.7 Å². The number of aromatic hydroxyl groups is 1. The fourth-order valence-corrected chi connectivity index (χ4v) is 2.79. The Bertz CT molecular complexity index is 733. The van der Waals surface area contributed by atoms with Gasteiger partial charge in [0.1, 0.15) is 18.4 Å². The van der Waals surface area contributed by atoms with Crippen LogP contribution in [0.2, 0.25) is 0 Å². The molecule has 0 bridgehead atoms. The molecule has 1 aromatic carbocycles. The summed E-state index contributed by atoms with van der Waals surface area (Å²) in [5.41, 5.74) is 0.851. The van der Waals surface area contributed by atoms with Crippen LogP contribution in [0.4, 0.5) is 0 Å². The number of hydrogen-bond donors (Lipinski definition) is 1. The molecular formula is C18H18N2O4. The van der Waals surface area contributed by atoms with E-state index in [0.717, 1.165) is 6.42 Å². The monoisotopic (exact) mass is 326 g/mol. The molecule has 0 saturated carbocycles. The number of carbonyl (C=O) groups is 2. The third-order valence-electron chi connectivity index (χ3n) is 4.01. The normalized spacial score (nSPS) is 16.8. The number of likely N-dealkylation sites (tertiary alicyclic amines) is 1. The zero-order valence-corrected chi connectivity index (χ0v) is 13.1. The van der Waals surface area contributed by atoms with Crippen LogP contribution < -0.4 is 0 Å². The molecule has 1 aromatic heterocycles. The molecule has 1 saturated heterocycles. The maximum Gasteiger partial charge on any atom is 0.329 e. The summed E-state index contributed by atoms with van der Waals surface area (Å²) in [6.07, 6.45) is 2.91. The Balaban J connectivity index is 1.67. The molecule has 1 N–H and O–H groups in total. The Morgan fingerprint density at radius 2 is 2.00 bits per heavy atom. The van der Waals surface area contributed by atoms with E-state index in [1.54, 1.807) is 36.5 Å². The molecule has 0 radical (unpaired) electrons. The predicted molar refractivity (Wildman–Crippen MR) is 86.2 cm³/mol. The van der Waals surface area contributed by atoms with E-state index in [0.29, 0.717) is 18.7 Å². The summed E-state index contributed by atoms with van der Waals surface area (Å²) in [4.78, 5) is 30.5. The second-order valence-electron chi connectivity index (χ2n) is 5.60. The molecule has 0 unspecified atom stereocenters. The molecule has 6 heteroatoms. The number of para-hydroxylation sites is 1. The van der Waals surface area contributed by atoms with E-state index in [1.807, 2.05) is 6.07 Å². The van der Waals surface area contributed by atoms with Gasteiger partial charge in [0.25, 0.3) is 5.91 Å². The molecule has 1 aliphatic rings. The van der Waals surface area contributed by atoms with Crippen molar-refractivity contribution in [2.24, 2.45) is 0 Å². The number of carbonyl (C=O) groups excluding carboxylic acids is 2. The van der Waals surface area contributed by atoms with Crippen LogP contribution in [0.25, 0.3) is 0 Å². The van der Waals surface area contributed by atoms with Crippen LogP contribution in [0.1, 0.15) is 28.9 Å². The first kappa shape index (κ1) is 16.0. The predicted octanol–water partition coefficient (Wildman–Crippen LogP) is 2.14. The summed E-state index contributed by atoms with van der Waals surface area (Å²) >= 11 is 0. The maximum absolute atomic E-state index is 12.6. The smallest absolute Gasteiger partial charge is 0.329 e. The zero-order chi connectivity index (χ0) is 16.9. The molecule has 1 amide bonds. The molecule has 0 spiro atoms. The molecule has 1 aliphatic heterocycles. The van der Waals surface area contributed by atoms with Gasteiger partial charge in [0.2, 0.25) is 0 Å². The van der Waals surface area contributed by atoms with E-state index in [-0.39, 0.29) is 23.8 Å². The Morgan fingerprint density at radius 3 is 2.75 bits per heavy atom. The Labute approximate surface area is 139 Å². The number of nitrogens with zero attached hydrogens (tertiary/aromatic N) is 2. The van der Waals surface area contributed by atoms with Crippen molar-refractivity contribution in [2.75, 3.05) is 6.54 Å². The van der Waals surface area contributed by atoms with E-state index in [4.69, 9.17) is 4.74 Å². The average molecular weight is 326 g/mol. The number of benzene rings is 1. The third-order valence-corrected chi connectivity index (χ3v) is 4.01. The molecular weight excluding hydrogens is 308 g/mol. The molecule has 2 aromatic rings. The Hall–Kier alpha value is -2.89. The average Bonchev–Trinajstić information content (AvgIpc) is 3.10. The van der Waals surface area contributed by atoms with E-state index in [1.165, 1.54) is 11.0 Å². The van der Waals surface area contributed by atoms with Crippen LogP contribution in [0.3, 0.4) is 0 Å². The summed E-state index contributed by atoms with van der Waals surface area (Å²) in [7, 11) is 0. The standard InChI is InChI=1S/C18H18N2O4/c21-16-9-2-1-7-14(16)17(22)20-11-5-8-15(20)18(23)24-12-13-6-3-4-10-19-13/h1-4,6-7,9-10,15,21H,5,8,11-12H2/t15-/m0/s1. The number of phenolic OH excluding ortho intramolecular Hbond substituents is 1. The van der Waals surface area contributed by atoms with Crippen molar-refractivity contribution in [3.05, 3.63) is 59.9 Å². The second-order valence-corrected chi connectivity index (χ2v) is 5.60. The van der Waals surface area contributed by atoms with Gasteiger partial charge >= 0.3 is 5.97 Å². The number of hydrogen-bond acceptors (Lipinski definition) is 5. The van der Waals surface area contributed by atoms with E-state index >= 15 is 0 Å². The van der Waals surface area contributed by atoms with Crippen molar-refractivity contribution < 1.29 is 19.4 Å². The summed E-state index contributed by atoms with van der Waals surface area (Å²) < 4.78 is 5.30. The minimum absolute atomic E-state index is 0.0782. The Kier molecular flexibility index (Phi) is 4.74. The highest BCUT2D eigenvalue weighted by Gasteiger charge is 2.36. The highest BCUT2D eigenvalue weighted by Crippen LogP contribution is 2.25. The van der Waals surface area contributed by atoms with Crippen LogP contribution in [0.5, 0.6) is 5.75 Å². The SMILES string of the molecule is O=C(OCc1ccccn1)[C@@H]1CCCN1C(=O)c1ccccc1O. The lowest BCUT2D eigenvalue weighted by atomic mass is 10.1. The van der Waals surface area contributed by atoms with Crippen LogP contribution in [-0.4, -0.2) is 39.5 Å². The van der Waals surface area contributed by atoms with E-state index < -0.39 is 12.0 Å². The van der Waals surface area contributed by atoms with Gasteiger partial charge in [0.15, 0.2) is 0 Å². The summed E-state index contributed by atoms with van der Waals surface area (Å²) in [6, 6.07) is 11.1. The highest BCUT2D eigenvalue weighted by molar-refractivity contribution is 5.99. The number of pyridine rings is 1. The van der Waals surface area contributed by atoms with Gasteiger partial charge in [-0.3, -0.25) is 9.78 Å². The number of ether oxygens (including phenoxy) is 1. The number of aromatic nitrogens is 1. The number of amides is 1. The van der Waals surface area contributed by atoms with Crippen LogP contribution in [0, 0.1) is 0 Å².